The van der Waals surface area contributed by atoms with E-state index < -0.39 is 0 Å². The van der Waals surface area contributed by atoms with E-state index in [9.17, 15) is 5.11 Å². The molecular weight excluding hydrogens is 228 g/mol. The quantitative estimate of drug-likeness (QED) is 0.873. The first-order valence-electron chi connectivity index (χ1n) is 6.67. The minimum atomic E-state index is -0.241. The number of rotatable bonds is 5. The number of aliphatic hydroxyl groups excluding tert-OH is 1. The lowest BCUT2D eigenvalue weighted by molar-refractivity contribution is -0.147. The summed E-state index contributed by atoms with van der Waals surface area (Å²) in [4.78, 5) is 0. The number of hydrogen-bond donors (Lipinski definition) is 1. The number of hydrogen-bond acceptors (Lipinski definition) is 3. The molecule has 100 valence electrons. The van der Waals surface area contributed by atoms with Crippen LogP contribution in [0.25, 0.3) is 0 Å². The Morgan fingerprint density at radius 1 is 1.22 bits per heavy atom. The van der Waals surface area contributed by atoms with Crippen molar-refractivity contribution >= 4 is 0 Å². The zero-order valence-corrected chi connectivity index (χ0v) is 11.3. The molecule has 3 nitrogen and oxygen atoms in total. The molecule has 2 rings (SSSR count). The fourth-order valence-electron chi connectivity index (χ4n) is 2.39. The standard InChI is InChI=1S/C15H22O3/c1-4-15(3)13(16)10-14(15)18-12-8-6-11(7-9-12)17-5-2/h6-9,13-14,16H,4-5,10H2,1-3H3. The Kier molecular flexibility index (Phi) is 3.81. The van der Waals surface area contributed by atoms with E-state index in [1.807, 2.05) is 31.2 Å². The Morgan fingerprint density at radius 2 is 1.83 bits per heavy atom. The summed E-state index contributed by atoms with van der Waals surface area (Å²) >= 11 is 0. The molecule has 0 spiro atoms. The van der Waals surface area contributed by atoms with E-state index in [4.69, 9.17) is 9.47 Å². The Morgan fingerprint density at radius 3 is 2.33 bits per heavy atom. The van der Waals surface area contributed by atoms with Crippen molar-refractivity contribution < 1.29 is 14.6 Å². The molecule has 1 aromatic carbocycles. The molecule has 18 heavy (non-hydrogen) atoms. The molecule has 1 saturated carbocycles. The van der Waals surface area contributed by atoms with Crippen LogP contribution in [0.15, 0.2) is 24.3 Å². The first-order valence-corrected chi connectivity index (χ1v) is 6.67. The third kappa shape index (κ3) is 2.32. The van der Waals surface area contributed by atoms with Crippen LogP contribution in [0, 0.1) is 5.41 Å². The van der Waals surface area contributed by atoms with Crippen LogP contribution in [0.3, 0.4) is 0 Å². The molecule has 0 bridgehead atoms. The van der Waals surface area contributed by atoms with Crippen molar-refractivity contribution in [3.63, 3.8) is 0 Å². The van der Waals surface area contributed by atoms with E-state index in [1.54, 1.807) is 0 Å². The van der Waals surface area contributed by atoms with E-state index in [2.05, 4.69) is 13.8 Å². The number of benzene rings is 1. The van der Waals surface area contributed by atoms with Gasteiger partial charge in [-0.05, 0) is 37.6 Å². The average Bonchev–Trinajstić information content (AvgIpc) is 2.40. The van der Waals surface area contributed by atoms with Crippen molar-refractivity contribution in [1.82, 2.24) is 0 Å². The Labute approximate surface area is 109 Å². The molecule has 1 fully saturated rings. The molecule has 1 aliphatic carbocycles. The predicted octanol–water partition coefficient (Wildman–Crippen LogP) is 3.01. The highest BCUT2D eigenvalue weighted by molar-refractivity contribution is 5.31. The maximum Gasteiger partial charge on any atom is 0.120 e. The van der Waals surface area contributed by atoms with Crippen molar-refractivity contribution in [3.05, 3.63) is 24.3 Å². The summed E-state index contributed by atoms with van der Waals surface area (Å²) in [6.45, 7) is 6.81. The molecule has 0 saturated heterocycles. The summed E-state index contributed by atoms with van der Waals surface area (Å²) in [5.41, 5.74) is -0.113. The van der Waals surface area contributed by atoms with Gasteiger partial charge in [0.25, 0.3) is 0 Å². The van der Waals surface area contributed by atoms with Gasteiger partial charge >= 0.3 is 0 Å². The van der Waals surface area contributed by atoms with Gasteiger partial charge in [0.2, 0.25) is 0 Å². The second kappa shape index (κ2) is 5.19. The summed E-state index contributed by atoms with van der Waals surface area (Å²) < 4.78 is 11.3. The van der Waals surface area contributed by atoms with E-state index in [0.717, 1.165) is 24.3 Å². The van der Waals surface area contributed by atoms with Crippen LogP contribution in [0.5, 0.6) is 11.5 Å². The Bertz CT molecular complexity index is 387. The highest BCUT2D eigenvalue weighted by Gasteiger charge is 2.51. The van der Waals surface area contributed by atoms with Crippen LogP contribution in [0.2, 0.25) is 0 Å². The highest BCUT2D eigenvalue weighted by atomic mass is 16.5. The fourth-order valence-corrected chi connectivity index (χ4v) is 2.39. The van der Waals surface area contributed by atoms with Crippen LogP contribution in [-0.4, -0.2) is 23.9 Å². The van der Waals surface area contributed by atoms with Crippen LogP contribution in [-0.2, 0) is 0 Å². The molecule has 1 aliphatic rings. The first-order chi connectivity index (χ1) is 8.60. The molecule has 1 aromatic rings. The lowest BCUT2D eigenvalue weighted by atomic mass is 9.63. The van der Waals surface area contributed by atoms with Gasteiger partial charge in [0.05, 0.1) is 12.7 Å². The van der Waals surface area contributed by atoms with Crippen LogP contribution in [0.4, 0.5) is 0 Å². The molecule has 0 aliphatic heterocycles. The van der Waals surface area contributed by atoms with Gasteiger partial charge in [-0.2, -0.15) is 0 Å². The van der Waals surface area contributed by atoms with Gasteiger partial charge in [-0.15, -0.1) is 0 Å². The molecule has 0 aromatic heterocycles. The molecule has 0 heterocycles. The lowest BCUT2D eigenvalue weighted by Gasteiger charge is -2.50. The highest BCUT2D eigenvalue weighted by Crippen LogP contribution is 2.45. The SMILES string of the molecule is CCOc1ccc(OC2CC(O)C2(C)CC)cc1. The van der Waals surface area contributed by atoms with E-state index in [0.29, 0.717) is 6.61 Å². The molecule has 3 atom stereocenters. The minimum Gasteiger partial charge on any atom is -0.494 e. The van der Waals surface area contributed by atoms with Crippen molar-refractivity contribution in [2.24, 2.45) is 5.41 Å². The monoisotopic (exact) mass is 250 g/mol. The van der Waals surface area contributed by atoms with E-state index in [-0.39, 0.29) is 17.6 Å². The van der Waals surface area contributed by atoms with Crippen LogP contribution < -0.4 is 9.47 Å². The zero-order chi connectivity index (χ0) is 13.2. The normalized spacial score (nSPS) is 30.7. The number of ether oxygens (including phenoxy) is 2. The molecular formula is C15H22O3. The van der Waals surface area contributed by atoms with Gasteiger partial charge < -0.3 is 14.6 Å². The number of aliphatic hydroxyl groups is 1. The van der Waals surface area contributed by atoms with Crippen LogP contribution >= 0.6 is 0 Å². The minimum absolute atomic E-state index is 0.107. The van der Waals surface area contributed by atoms with Crippen molar-refractivity contribution in [1.29, 1.82) is 0 Å². The van der Waals surface area contributed by atoms with Crippen molar-refractivity contribution in [2.45, 2.75) is 45.8 Å². The van der Waals surface area contributed by atoms with Gasteiger partial charge in [-0.1, -0.05) is 13.8 Å². The largest absolute Gasteiger partial charge is 0.494 e. The molecule has 0 radical (unpaired) electrons. The summed E-state index contributed by atoms with van der Waals surface area (Å²) in [6.07, 6.45) is 1.51. The second-order valence-corrected chi connectivity index (χ2v) is 5.12. The van der Waals surface area contributed by atoms with Gasteiger partial charge in [0, 0.05) is 11.8 Å². The van der Waals surface area contributed by atoms with E-state index >= 15 is 0 Å². The maximum atomic E-state index is 9.83. The van der Waals surface area contributed by atoms with Crippen LogP contribution in [0.1, 0.15) is 33.6 Å². The summed E-state index contributed by atoms with van der Waals surface area (Å²) in [5.74, 6) is 1.70. The molecule has 3 unspecified atom stereocenters. The molecule has 1 N–H and O–H groups in total. The van der Waals surface area contributed by atoms with Gasteiger partial charge in [0.15, 0.2) is 0 Å². The van der Waals surface area contributed by atoms with Gasteiger partial charge in [0.1, 0.15) is 17.6 Å². The predicted molar refractivity (Wildman–Crippen MR) is 71.0 cm³/mol. The zero-order valence-electron chi connectivity index (χ0n) is 11.3. The smallest absolute Gasteiger partial charge is 0.120 e. The lowest BCUT2D eigenvalue weighted by Crippen LogP contribution is -2.57. The average molecular weight is 250 g/mol. The topological polar surface area (TPSA) is 38.7 Å². The molecule has 3 heteroatoms. The van der Waals surface area contributed by atoms with Crippen molar-refractivity contribution in [2.75, 3.05) is 6.61 Å². The summed E-state index contributed by atoms with van der Waals surface area (Å²) in [5, 5.41) is 9.83. The maximum absolute atomic E-state index is 9.83. The van der Waals surface area contributed by atoms with Gasteiger partial charge in [-0.3, -0.25) is 0 Å². The van der Waals surface area contributed by atoms with E-state index in [1.165, 1.54) is 0 Å². The second-order valence-electron chi connectivity index (χ2n) is 5.12. The Hall–Kier alpha value is -1.22. The van der Waals surface area contributed by atoms with Crippen molar-refractivity contribution in [3.8, 4) is 11.5 Å². The Balaban J connectivity index is 1.98. The molecule has 0 amide bonds. The summed E-state index contributed by atoms with van der Waals surface area (Å²) in [6, 6.07) is 7.67. The third-order valence-electron chi connectivity index (χ3n) is 4.11. The fraction of sp³-hybridized carbons (Fsp3) is 0.600. The third-order valence-corrected chi connectivity index (χ3v) is 4.11. The van der Waals surface area contributed by atoms with Gasteiger partial charge in [-0.25, -0.2) is 0 Å². The summed E-state index contributed by atoms with van der Waals surface area (Å²) in [7, 11) is 0. The first kappa shape index (κ1) is 13.2.